The number of amides is 2. The van der Waals surface area contributed by atoms with Crippen LogP contribution in [0, 0.1) is 5.92 Å². The van der Waals surface area contributed by atoms with Gasteiger partial charge >= 0.3 is 12.0 Å². The molecule has 0 spiro atoms. The van der Waals surface area contributed by atoms with Crippen LogP contribution in [0.15, 0.2) is 18.5 Å². The number of anilines is 1. The minimum absolute atomic E-state index is 0.0554. The van der Waals surface area contributed by atoms with Crippen molar-refractivity contribution < 1.29 is 19.1 Å². The van der Waals surface area contributed by atoms with E-state index in [-0.39, 0.29) is 24.0 Å². The first-order valence-electron chi connectivity index (χ1n) is 10.3. The molecule has 10 heteroatoms. The van der Waals surface area contributed by atoms with Crippen LogP contribution in [-0.2, 0) is 21.0 Å². The first kappa shape index (κ1) is 22.2. The third kappa shape index (κ3) is 6.02. The van der Waals surface area contributed by atoms with Gasteiger partial charge in [-0.2, -0.15) is 0 Å². The summed E-state index contributed by atoms with van der Waals surface area (Å²) in [6.07, 6.45) is 5.47. The molecular weight excluding hydrogens is 402 g/mol. The highest BCUT2D eigenvalue weighted by Crippen LogP contribution is 2.26. The van der Waals surface area contributed by atoms with Gasteiger partial charge in [-0.15, -0.1) is 0 Å². The Morgan fingerprint density at radius 2 is 2.10 bits per heavy atom. The summed E-state index contributed by atoms with van der Waals surface area (Å²) in [5.41, 5.74) is 1.40. The van der Waals surface area contributed by atoms with Crippen molar-refractivity contribution in [1.29, 1.82) is 0 Å². The fourth-order valence-corrected chi connectivity index (χ4v) is 4.25. The SMILES string of the molecule is COC(=O)[C@H]1CC[C@H](NC(=O)Nc2cnc3c(ccn3COCC[Si](C)(C)C)n2)C1. The van der Waals surface area contributed by atoms with Gasteiger partial charge in [0, 0.05) is 26.9 Å². The zero-order valence-corrected chi connectivity index (χ0v) is 19.1. The number of fused-ring (bicyclic) bond motifs is 1. The van der Waals surface area contributed by atoms with Gasteiger partial charge in [-0.3, -0.25) is 10.1 Å². The normalized spacial score (nSPS) is 19.1. The van der Waals surface area contributed by atoms with Gasteiger partial charge in [-0.05, 0) is 31.4 Å². The van der Waals surface area contributed by atoms with Gasteiger partial charge in [0.15, 0.2) is 11.5 Å². The second-order valence-corrected chi connectivity index (χ2v) is 14.5. The molecule has 164 valence electrons. The molecule has 1 aliphatic carbocycles. The quantitative estimate of drug-likeness (QED) is 0.376. The molecular formula is C20H31N5O4Si. The number of ether oxygens (including phenoxy) is 2. The van der Waals surface area contributed by atoms with Crippen molar-refractivity contribution in [3.63, 3.8) is 0 Å². The highest BCUT2D eigenvalue weighted by Gasteiger charge is 2.31. The summed E-state index contributed by atoms with van der Waals surface area (Å²) in [5, 5.41) is 5.61. The molecule has 0 radical (unpaired) electrons. The summed E-state index contributed by atoms with van der Waals surface area (Å²) in [6, 6.07) is 2.56. The minimum atomic E-state index is -1.11. The number of carbonyl (C=O) groups excluding carboxylic acids is 2. The molecule has 0 aliphatic heterocycles. The van der Waals surface area contributed by atoms with Crippen LogP contribution in [-0.4, -0.2) is 54.4 Å². The first-order valence-corrected chi connectivity index (χ1v) is 14.0. The number of carbonyl (C=O) groups is 2. The Balaban J connectivity index is 1.51. The molecule has 30 heavy (non-hydrogen) atoms. The van der Waals surface area contributed by atoms with Crippen molar-refractivity contribution in [1.82, 2.24) is 19.9 Å². The number of aromatic nitrogens is 3. The van der Waals surface area contributed by atoms with Gasteiger partial charge < -0.3 is 19.4 Å². The molecule has 2 atom stereocenters. The molecule has 1 aliphatic rings. The van der Waals surface area contributed by atoms with Crippen molar-refractivity contribution in [2.45, 2.75) is 57.7 Å². The molecule has 0 aromatic carbocycles. The van der Waals surface area contributed by atoms with Crippen LogP contribution in [0.25, 0.3) is 11.2 Å². The zero-order valence-electron chi connectivity index (χ0n) is 18.1. The fourth-order valence-electron chi connectivity index (χ4n) is 3.50. The number of methoxy groups -OCH3 is 1. The van der Waals surface area contributed by atoms with Crippen LogP contribution in [0.2, 0.25) is 25.7 Å². The predicted molar refractivity (Wildman–Crippen MR) is 117 cm³/mol. The molecule has 2 aromatic rings. The summed E-state index contributed by atoms with van der Waals surface area (Å²) < 4.78 is 12.5. The number of nitrogens with one attached hydrogen (secondary N) is 2. The highest BCUT2D eigenvalue weighted by molar-refractivity contribution is 6.76. The number of esters is 1. The smallest absolute Gasteiger partial charge is 0.320 e. The van der Waals surface area contributed by atoms with Gasteiger partial charge in [0.2, 0.25) is 0 Å². The van der Waals surface area contributed by atoms with Crippen LogP contribution in [0.5, 0.6) is 0 Å². The zero-order chi connectivity index (χ0) is 21.7. The van der Waals surface area contributed by atoms with E-state index >= 15 is 0 Å². The van der Waals surface area contributed by atoms with E-state index in [1.54, 1.807) is 0 Å². The van der Waals surface area contributed by atoms with E-state index in [1.807, 2.05) is 16.8 Å². The Labute approximate surface area is 177 Å². The molecule has 2 amide bonds. The third-order valence-corrected chi connectivity index (χ3v) is 6.94. The largest absolute Gasteiger partial charge is 0.469 e. The van der Waals surface area contributed by atoms with E-state index < -0.39 is 8.07 Å². The molecule has 1 saturated carbocycles. The maximum Gasteiger partial charge on any atom is 0.320 e. The van der Waals surface area contributed by atoms with Crippen LogP contribution >= 0.6 is 0 Å². The van der Waals surface area contributed by atoms with Crippen molar-refractivity contribution in [3.05, 3.63) is 18.5 Å². The molecule has 0 bridgehead atoms. The van der Waals surface area contributed by atoms with Crippen LogP contribution in [0.3, 0.4) is 0 Å². The molecule has 2 heterocycles. The number of hydrogen-bond donors (Lipinski definition) is 2. The standard InChI is InChI=1S/C20H31N5O4Si/c1-28-19(26)14-5-6-15(11-14)22-20(27)24-17-12-21-18-16(23-17)7-8-25(18)13-29-9-10-30(2,3)4/h7-8,12,14-15H,5-6,9-11,13H2,1-4H3,(H2,22,23,24,27)/t14-,15-/m0/s1. The van der Waals surface area contributed by atoms with Gasteiger partial charge in [-0.25, -0.2) is 14.8 Å². The molecule has 1 fully saturated rings. The third-order valence-electron chi connectivity index (χ3n) is 5.23. The number of rotatable bonds is 8. The van der Waals surface area contributed by atoms with Gasteiger partial charge in [0.1, 0.15) is 12.2 Å². The van der Waals surface area contributed by atoms with Crippen molar-refractivity contribution in [2.75, 3.05) is 19.0 Å². The summed E-state index contributed by atoms with van der Waals surface area (Å²) in [5.74, 6) is 0.00841. The molecule has 2 aromatic heterocycles. The van der Waals surface area contributed by atoms with Crippen molar-refractivity contribution in [2.24, 2.45) is 5.92 Å². The maximum absolute atomic E-state index is 12.3. The van der Waals surface area contributed by atoms with E-state index in [1.165, 1.54) is 13.3 Å². The number of nitrogens with zero attached hydrogens (tertiary/aromatic N) is 3. The van der Waals surface area contributed by atoms with Crippen molar-refractivity contribution >= 4 is 37.1 Å². The topological polar surface area (TPSA) is 107 Å². The van der Waals surface area contributed by atoms with Gasteiger partial charge in [-0.1, -0.05) is 19.6 Å². The average molecular weight is 434 g/mol. The number of urea groups is 1. The number of hydrogen-bond acceptors (Lipinski definition) is 6. The van der Waals surface area contributed by atoms with Crippen molar-refractivity contribution in [3.8, 4) is 0 Å². The molecule has 9 nitrogen and oxygen atoms in total. The second kappa shape index (κ2) is 9.56. The summed E-state index contributed by atoms with van der Waals surface area (Å²) in [6.45, 7) is 8.13. The Bertz CT molecular complexity index is 895. The second-order valence-electron chi connectivity index (χ2n) is 8.93. The first-order chi connectivity index (χ1) is 14.2. The maximum atomic E-state index is 12.3. The average Bonchev–Trinajstić information content (AvgIpc) is 3.30. The minimum Gasteiger partial charge on any atom is -0.469 e. The van der Waals surface area contributed by atoms with E-state index in [9.17, 15) is 9.59 Å². The van der Waals surface area contributed by atoms with E-state index in [2.05, 4.69) is 40.2 Å². The summed E-state index contributed by atoms with van der Waals surface area (Å²) >= 11 is 0. The lowest BCUT2D eigenvalue weighted by Gasteiger charge is -2.15. The summed E-state index contributed by atoms with van der Waals surface area (Å²) in [4.78, 5) is 32.8. The van der Waals surface area contributed by atoms with Crippen LogP contribution < -0.4 is 10.6 Å². The van der Waals surface area contributed by atoms with Gasteiger partial charge in [0.25, 0.3) is 0 Å². The van der Waals surface area contributed by atoms with E-state index in [0.29, 0.717) is 30.1 Å². The predicted octanol–water partition coefficient (Wildman–Crippen LogP) is 3.21. The Morgan fingerprint density at radius 1 is 1.30 bits per heavy atom. The highest BCUT2D eigenvalue weighted by atomic mass is 28.3. The molecule has 0 unspecified atom stereocenters. The van der Waals surface area contributed by atoms with E-state index in [4.69, 9.17) is 9.47 Å². The lowest BCUT2D eigenvalue weighted by molar-refractivity contribution is -0.145. The Morgan fingerprint density at radius 3 is 2.83 bits per heavy atom. The van der Waals surface area contributed by atoms with Crippen LogP contribution in [0.4, 0.5) is 10.6 Å². The molecule has 0 saturated heterocycles. The fraction of sp³-hybridized carbons (Fsp3) is 0.600. The molecule has 3 rings (SSSR count). The Kier molecular flexibility index (Phi) is 7.09. The van der Waals surface area contributed by atoms with Crippen LogP contribution in [0.1, 0.15) is 19.3 Å². The van der Waals surface area contributed by atoms with Gasteiger partial charge in [0.05, 0.1) is 19.2 Å². The summed E-state index contributed by atoms with van der Waals surface area (Å²) in [7, 11) is 0.274. The lowest BCUT2D eigenvalue weighted by Crippen LogP contribution is -2.37. The molecule has 2 N–H and O–H groups in total. The monoisotopic (exact) mass is 433 g/mol. The lowest BCUT2D eigenvalue weighted by atomic mass is 10.1. The Hall–Kier alpha value is -2.46. The van der Waals surface area contributed by atoms with E-state index in [0.717, 1.165) is 25.5 Å².